The Kier molecular flexibility index (Phi) is 5.32. The van der Waals surface area contributed by atoms with Crippen LogP contribution in [0.15, 0.2) is 41.3 Å². The van der Waals surface area contributed by atoms with Gasteiger partial charge < -0.3 is 4.74 Å². The quantitative estimate of drug-likeness (QED) is 0.735. The number of carbonyl (C=O) groups is 2. The molecule has 10 heteroatoms. The van der Waals surface area contributed by atoms with Gasteiger partial charge in [-0.1, -0.05) is 23.2 Å². The van der Waals surface area contributed by atoms with Crippen molar-refractivity contribution >= 4 is 56.4 Å². The second-order valence-corrected chi connectivity index (χ2v) is 8.25. The number of hydrogen-bond acceptors (Lipinski definition) is 5. The van der Waals surface area contributed by atoms with E-state index in [4.69, 9.17) is 27.9 Å². The van der Waals surface area contributed by atoms with E-state index < -0.39 is 10.0 Å². The van der Waals surface area contributed by atoms with E-state index in [0.717, 1.165) is 4.90 Å². The third-order valence-electron chi connectivity index (χ3n) is 3.86. The zero-order chi connectivity index (χ0) is 19.8. The van der Waals surface area contributed by atoms with Gasteiger partial charge in [0, 0.05) is 22.9 Å². The third kappa shape index (κ3) is 4.02. The van der Waals surface area contributed by atoms with Crippen LogP contribution in [0.1, 0.15) is 12.8 Å². The summed E-state index contributed by atoms with van der Waals surface area (Å²) in [4.78, 5) is 24.6. The highest BCUT2D eigenvalue weighted by Crippen LogP contribution is 2.33. The Morgan fingerprint density at radius 3 is 2.15 bits per heavy atom. The summed E-state index contributed by atoms with van der Waals surface area (Å²) in [5.41, 5.74) is 0.320. The van der Waals surface area contributed by atoms with Crippen molar-refractivity contribution in [2.75, 3.05) is 16.7 Å². The Morgan fingerprint density at radius 2 is 1.59 bits per heavy atom. The fourth-order valence-electron chi connectivity index (χ4n) is 2.70. The molecule has 0 radical (unpaired) electrons. The van der Waals surface area contributed by atoms with Crippen LogP contribution < -0.4 is 14.4 Å². The summed E-state index contributed by atoms with van der Waals surface area (Å²) < 4.78 is 33.2. The smallest absolute Gasteiger partial charge is 0.265 e. The lowest BCUT2D eigenvalue weighted by atomic mass is 10.2. The van der Waals surface area contributed by atoms with Crippen LogP contribution >= 0.6 is 23.2 Å². The van der Waals surface area contributed by atoms with Crippen molar-refractivity contribution in [2.24, 2.45) is 0 Å². The molecule has 0 bridgehead atoms. The molecule has 2 amide bonds. The number of nitrogens with one attached hydrogen (secondary N) is 1. The fourth-order valence-corrected chi connectivity index (χ4v) is 4.46. The first kappa shape index (κ1) is 19.5. The zero-order valence-corrected chi connectivity index (χ0v) is 16.4. The lowest BCUT2D eigenvalue weighted by Gasteiger charge is -2.17. The SMILES string of the molecule is COc1ccc(N2C(=O)CCC2=O)cc1S(=O)(=O)Nc1cc(Cl)cc(Cl)c1. The number of imide groups is 1. The Hall–Kier alpha value is -2.29. The van der Waals surface area contributed by atoms with E-state index in [9.17, 15) is 18.0 Å². The average molecular weight is 429 g/mol. The topological polar surface area (TPSA) is 92.8 Å². The maximum absolute atomic E-state index is 12.9. The lowest BCUT2D eigenvalue weighted by Crippen LogP contribution is -2.28. The molecule has 3 rings (SSSR count). The molecule has 27 heavy (non-hydrogen) atoms. The number of ether oxygens (including phenoxy) is 1. The highest BCUT2D eigenvalue weighted by molar-refractivity contribution is 7.92. The van der Waals surface area contributed by atoms with Gasteiger partial charge in [-0.05, 0) is 36.4 Å². The van der Waals surface area contributed by atoms with Gasteiger partial charge in [0.2, 0.25) is 11.8 Å². The minimum Gasteiger partial charge on any atom is -0.495 e. The number of rotatable bonds is 5. The Bertz CT molecular complexity index is 1000. The molecule has 1 saturated heterocycles. The standard InChI is InChI=1S/C17H14Cl2N2O5S/c1-26-14-3-2-13(21-16(22)4-5-17(21)23)9-15(14)27(24,25)20-12-7-10(18)6-11(19)8-12/h2-3,6-9,20H,4-5H2,1H3. The van der Waals surface area contributed by atoms with E-state index >= 15 is 0 Å². The monoisotopic (exact) mass is 428 g/mol. The molecule has 1 aliphatic heterocycles. The normalized spacial score (nSPS) is 14.6. The molecule has 2 aromatic carbocycles. The van der Waals surface area contributed by atoms with Crippen LogP contribution in [0.4, 0.5) is 11.4 Å². The molecule has 0 spiro atoms. The lowest BCUT2D eigenvalue weighted by molar-refractivity contribution is -0.121. The number of hydrogen-bond donors (Lipinski definition) is 1. The number of sulfonamides is 1. The van der Waals surface area contributed by atoms with Crippen LogP contribution in [-0.2, 0) is 19.6 Å². The van der Waals surface area contributed by atoms with Crippen LogP contribution in [0.5, 0.6) is 5.75 Å². The van der Waals surface area contributed by atoms with Crippen molar-refractivity contribution in [3.63, 3.8) is 0 Å². The number of carbonyl (C=O) groups excluding carboxylic acids is 2. The van der Waals surface area contributed by atoms with Gasteiger partial charge in [-0.3, -0.25) is 19.2 Å². The molecule has 0 unspecified atom stereocenters. The van der Waals surface area contributed by atoms with Gasteiger partial charge in [0.05, 0.1) is 18.5 Å². The number of amides is 2. The summed E-state index contributed by atoms with van der Waals surface area (Å²) in [6.45, 7) is 0. The Balaban J connectivity index is 2.04. The molecular weight excluding hydrogens is 415 g/mol. The van der Waals surface area contributed by atoms with Gasteiger partial charge in [-0.25, -0.2) is 8.42 Å². The van der Waals surface area contributed by atoms with Gasteiger partial charge >= 0.3 is 0 Å². The summed E-state index contributed by atoms with van der Waals surface area (Å²) in [7, 11) is -2.80. The number of methoxy groups -OCH3 is 1. The number of anilines is 2. The van der Waals surface area contributed by atoms with E-state index in [1.54, 1.807) is 0 Å². The largest absolute Gasteiger partial charge is 0.495 e. The summed E-state index contributed by atoms with van der Waals surface area (Å²) in [5.74, 6) is -0.718. The average Bonchev–Trinajstić information content (AvgIpc) is 2.91. The molecule has 2 aromatic rings. The summed E-state index contributed by atoms with van der Waals surface area (Å²) in [5, 5.41) is 0.517. The van der Waals surface area contributed by atoms with Crippen molar-refractivity contribution in [3.05, 3.63) is 46.4 Å². The second kappa shape index (κ2) is 7.38. The second-order valence-electron chi connectivity index (χ2n) is 5.72. The summed E-state index contributed by atoms with van der Waals surface area (Å²) in [6.07, 6.45) is 0.179. The molecule has 0 aromatic heterocycles. The third-order valence-corrected chi connectivity index (χ3v) is 5.70. The minimum atomic E-state index is -4.12. The maximum Gasteiger partial charge on any atom is 0.265 e. The molecule has 1 fully saturated rings. The van der Waals surface area contributed by atoms with Crippen molar-refractivity contribution in [1.29, 1.82) is 0 Å². The predicted molar refractivity (Wildman–Crippen MR) is 102 cm³/mol. The first-order valence-electron chi connectivity index (χ1n) is 7.74. The van der Waals surface area contributed by atoms with E-state index in [1.165, 1.54) is 43.5 Å². The fraction of sp³-hybridized carbons (Fsp3) is 0.176. The molecule has 7 nitrogen and oxygen atoms in total. The van der Waals surface area contributed by atoms with Crippen LogP contribution in [-0.4, -0.2) is 27.3 Å². The highest BCUT2D eigenvalue weighted by atomic mass is 35.5. The van der Waals surface area contributed by atoms with Gasteiger partial charge in [0.15, 0.2) is 0 Å². The number of benzene rings is 2. The Labute approximate surface area is 165 Å². The first-order chi connectivity index (χ1) is 12.7. The van der Waals surface area contributed by atoms with Crippen LogP contribution in [0.25, 0.3) is 0 Å². The maximum atomic E-state index is 12.9. The molecular formula is C17H14Cl2N2O5S. The minimum absolute atomic E-state index is 0.0541. The molecule has 1 N–H and O–H groups in total. The molecule has 0 saturated carbocycles. The summed E-state index contributed by atoms with van der Waals surface area (Å²) >= 11 is 11.8. The zero-order valence-electron chi connectivity index (χ0n) is 14.0. The molecule has 0 atom stereocenters. The van der Waals surface area contributed by atoms with Gasteiger partial charge in [0.25, 0.3) is 10.0 Å². The predicted octanol–water partition coefficient (Wildman–Crippen LogP) is 3.46. The van der Waals surface area contributed by atoms with Crippen LogP contribution in [0, 0.1) is 0 Å². The van der Waals surface area contributed by atoms with Crippen molar-refractivity contribution in [3.8, 4) is 5.75 Å². The van der Waals surface area contributed by atoms with Crippen LogP contribution in [0.2, 0.25) is 10.0 Å². The Morgan fingerprint density at radius 1 is 1.00 bits per heavy atom. The molecule has 1 heterocycles. The van der Waals surface area contributed by atoms with Gasteiger partial charge in [-0.15, -0.1) is 0 Å². The highest BCUT2D eigenvalue weighted by Gasteiger charge is 2.32. The van der Waals surface area contributed by atoms with Gasteiger partial charge in [-0.2, -0.15) is 0 Å². The summed E-state index contributed by atoms with van der Waals surface area (Å²) in [6, 6.07) is 8.31. The van der Waals surface area contributed by atoms with E-state index in [-0.39, 0.29) is 56.7 Å². The van der Waals surface area contributed by atoms with Crippen molar-refractivity contribution in [2.45, 2.75) is 17.7 Å². The van der Waals surface area contributed by atoms with Crippen molar-refractivity contribution in [1.82, 2.24) is 0 Å². The first-order valence-corrected chi connectivity index (χ1v) is 9.98. The van der Waals surface area contributed by atoms with E-state index in [0.29, 0.717) is 0 Å². The molecule has 0 aliphatic carbocycles. The van der Waals surface area contributed by atoms with E-state index in [2.05, 4.69) is 4.72 Å². The molecule has 1 aliphatic rings. The number of halogens is 2. The number of nitrogens with zero attached hydrogens (tertiary/aromatic N) is 1. The van der Waals surface area contributed by atoms with Crippen LogP contribution in [0.3, 0.4) is 0 Å². The van der Waals surface area contributed by atoms with Crippen molar-refractivity contribution < 1.29 is 22.7 Å². The molecule has 142 valence electrons. The van der Waals surface area contributed by atoms with E-state index in [1.807, 2.05) is 0 Å². The van der Waals surface area contributed by atoms with Gasteiger partial charge in [0.1, 0.15) is 10.6 Å².